The summed E-state index contributed by atoms with van der Waals surface area (Å²) in [7, 11) is 0. The molecular weight excluding hydrogens is 388 g/mol. The number of carboxylic acids is 1. The monoisotopic (exact) mass is 411 g/mol. The number of benzene rings is 2. The maximum atomic E-state index is 13.3. The smallest absolute Gasteiger partial charge is 0.347 e. The van der Waals surface area contributed by atoms with Crippen molar-refractivity contribution in [2.24, 2.45) is 0 Å². The van der Waals surface area contributed by atoms with E-state index < -0.39 is 35.8 Å². The quantitative estimate of drug-likeness (QED) is 0.577. The number of nitrogens with one attached hydrogen (secondary N) is 1. The number of carboxylic acid groups (broad SMARTS) is 1. The molecule has 9 heteroatoms. The maximum absolute atomic E-state index is 13.3. The topological polar surface area (TPSA) is 116 Å². The molecule has 2 aromatic rings. The molecule has 30 heavy (non-hydrogen) atoms. The third-order valence-corrected chi connectivity index (χ3v) is 5.14. The Kier molecular flexibility index (Phi) is 5.66. The van der Waals surface area contributed by atoms with Crippen LogP contribution in [-0.2, 0) is 4.79 Å². The predicted octanol–water partition coefficient (Wildman–Crippen LogP) is 2.09. The number of hydrogen-bond acceptors (Lipinski definition) is 5. The Morgan fingerprint density at radius 2 is 1.63 bits per heavy atom. The summed E-state index contributed by atoms with van der Waals surface area (Å²) >= 11 is 0. The highest BCUT2D eigenvalue weighted by atomic mass is 16.5. The Bertz CT molecular complexity index is 935. The largest absolute Gasteiger partial charge is 0.548 e. The van der Waals surface area contributed by atoms with E-state index in [-0.39, 0.29) is 0 Å². The molecule has 1 fully saturated rings. The molecule has 158 valence electrons. The van der Waals surface area contributed by atoms with Crippen molar-refractivity contribution in [2.75, 3.05) is 10.2 Å². The van der Waals surface area contributed by atoms with Crippen LogP contribution in [0.25, 0.3) is 0 Å². The summed E-state index contributed by atoms with van der Waals surface area (Å²) in [6, 6.07) is 14.1. The van der Waals surface area contributed by atoms with Crippen molar-refractivity contribution < 1.29 is 24.7 Å². The lowest BCUT2D eigenvalue weighted by Gasteiger charge is -2.40. The van der Waals surface area contributed by atoms with Crippen molar-refractivity contribution in [3.8, 4) is 0 Å². The van der Waals surface area contributed by atoms with Crippen LogP contribution in [0, 0.1) is 0 Å². The zero-order chi connectivity index (χ0) is 22.1. The number of carbonyl (C=O) groups is 3. The summed E-state index contributed by atoms with van der Waals surface area (Å²) in [5, 5.41) is 25.4. The number of hydroxylamine groups is 2. The van der Waals surface area contributed by atoms with Crippen molar-refractivity contribution in [3.05, 3.63) is 60.7 Å². The summed E-state index contributed by atoms with van der Waals surface area (Å²) in [4.78, 5) is 39.8. The molecule has 9 nitrogen and oxygen atoms in total. The minimum atomic E-state index is -1.44. The van der Waals surface area contributed by atoms with Crippen LogP contribution >= 0.6 is 0 Å². The van der Waals surface area contributed by atoms with Crippen LogP contribution in [0.5, 0.6) is 0 Å². The number of nitrogens with zero attached hydrogens (tertiary/aromatic N) is 3. The van der Waals surface area contributed by atoms with E-state index in [1.165, 1.54) is 11.8 Å². The van der Waals surface area contributed by atoms with Gasteiger partial charge in [-0.25, -0.2) is 9.59 Å². The van der Waals surface area contributed by atoms with Crippen LogP contribution in [0.3, 0.4) is 0 Å². The first-order valence-corrected chi connectivity index (χ1v) is 9.39. The fraction of sp³-hybridized carbons (Fsp3) is 0.286. The van der Waals surface area contributed by atoms with Gasteiger partial charge in [0.1, 0.15) is 0 Å². The molecule has 0 aliphatic carbocycles. The van der Waals surface area contributed by atoms with Crippen molar-refractivity contribution in [1.29, 1.82) is 0 Å². The van der Waals surface area contributed by atoms with Gasteiger partial charge in [0, 0.05) is 11.4 Å². The Labute approximate surface area is 174 Å². The molecule has 1 aliphatic heterocycles. The standard InChI is InChI=1S/C21H24N4O5/c1-14(17(26)27)24-20(29)23(16-12-8-5-9-13-16)18(21(24,2)3)25(30)19(28)22-15-10-6-4-7-11-15/h4-14,18,30H,1-3H3,(H,22,28)(H,26,27)/p-1/t14-,18-/m1/s1. The highest BCUT2D eigenvalue weighted by Gasteiger charge is 2.57. The zero-order valence-electron chi connectivity index (χ0n) is 16.9. The average Bonchev–Trinajstić information content (AvgIpc) is 2.93. The minimum absolute atomic E-state index is 0.403. The molecule has 0 spiro atoms. The molecule has 3 rings (SSSR count). The summed E-state index contributed by atoms with van der Waals surface area (Å²) in [5.74, 6) is -1.44. The highest BCUT2D eigenvalue weighted by Crippen LogP contribution is 2.39. The summed E-state index contributed by atoms with van der Waals surface area (Å²) in [6.07, 6.45) is -1.21. The van der Waals surface area contributed by atoms with Gasteiger partial charge in [0.2, 0.25) is 0 Å². The lowest BCUT2D eigenvalue weighted by atomic mass is 9.98. The minimum Gasteiger partial charge on any atom is -0.548 e. The van der Waals surface area contributed by atoms with E-state index in [9.17, 15) is 24.7 Å². The number of anilines is 2. The number of aliphatic carboxylic acids is 1. The fourth-order valence-corrected chi connectivity index (χ4v) is 3.74. The lowest BCUT2D eigenvalue weighted by molar-refractivity contribution is -0.311. The van der Waals surface area contributed by atoms with Crippen LogP contribution in [0.1, 0.15) is 20.8 Å². The van der Waals surface area contributed by atoms with Gasteiger partial charge in [-0.3, -0.25) is 10.1 Å². The number of hydrogen-bond donors (Lipinski definition) is 2. The normalized spacial score (nSPS) is 18.8. The molecule has 2 atom stereocenters. The van der Waals surface area contributed by atoms with E-state index in [0.29, 0.717) is 16.4 Å². The molecule has 0 aromatic heterocycles. The van der Waals surface area contributed by atoms with Crippen molar-refractivity contribution >= 4 is 29.4 Å². The van der Waals surface area contributed by atoms with Gasteiger partial charge >= 0.3 is 12.1 Å². The Balaban J connectivity index is 2.02. The van der Waals surface area contributed by atoms with Gasteiger partial charge in [0.05, 0.1) is 17.6 Å². The summed E-state index contributed by atoms with van der Waals surface area (Å²) in [6.45, 7) is 4.49. The molecule has 2 aromatic carbocycles. The van der Waals surface area contributed by atoms with Gasteiger partial charge in [-0.05, 0) is 45.0 Å². The number of rotatable bonds is 5. The predicted molar refractivity (Wildman–Crippen MR) is 108 cm³/mol. The zero-order valence-corrected chi connectivity index (χ0v) is 16.9. The third-order valence-electron chi connectivity index (χ3n) is 5.14. The van der Waals surface area contributed by atoms with Gasteiger partial charge in [-0.1, -0.05) is 36.4 Å². The van der Waals surface area contributed by atoms with Crippen LogP contribution in [0.4, 0.5) is 21.0 Å². The second-order valence-corrected chi connectivity index (χ2v) is 7.52. The molecule has 1 heterocycles. The van der Waals surface area contributed by atoms with E-state index in [4.69, 9.17) is 0 Å². The van der Waals surface area contributed by atoms with Gasteiger partial charge < -0.3 is 20.1 Å². The van der Waals surface area contributed by atoms with Crippen LogP contribution in [0.2, 0.25) is 0 Å². The Morgan fingerprint density at radius 1 is 1.10 bits per heavy atom. The van der Waals surface area contributed by atoms with Crippen LogP contribution < -0.4 is 15.3 Å². The molecule has 2 N–H and O–H groups in total. The Morgan fingerprint density at radius 3 is 2.17 bits per heavy atom. The van der Waals surface area contributed by atoms with Crippen LogP contribution in [-0.4, -0.2) is 50.9 Å². The molecule has 0 saturated carbocycles. The number of urea groups is 2. The molecular formula is C21H23N4O5-. The molecule has 4 amide bonds. The average molecular weight is 411 g/mol. The maximum Gasteiger partial charge on any atom is 0.347 e. The van der Waals surface area contributed by atoms with Crippen molar-refractivity contribution in [3.63, 3.8) is 0 Å². The van der Waals surface area contributed by atoms with E-state index in [1.54, 1.807) is 74.5 Å². The van der Waals surface area contributed by atoms with Gasteiger partial charge in [-0.2, -0.15) is 5.06 Å². The first-order chi connectivity index (χ1) is 14.2. The summed E-state index contributed by atoms with van der Waals surface area (Å²) < 4.78 is 0. The molecule has 1 saturated heterocycles. The SMILES string of the molecule is C[C@H](C(=O)[O-])N1C(=O)N(c2ccccc2)[C@H](N(O)C(=O)Nc2ccccc2)C1(C)C. The molecule has 0 radical (unpaired) electrons. The Hall–Kier alpha value is -3.59. The number of amides is 4. The second-order valence-electron chi connectivity index (χ2n) is 7.52. The first kappa shape index (κ1) is 21.1. The van der Waals surface area contributed by atoms with E-state index in [1.807, 2.05) is 0 Å². The summed E-state index contributed by atoms with van der Waals surface area (Å²) in [5.41, 5.74) is -0.412. The van der Waals surface area contributed by atoms with Gasteiger partial charge in [-0.15, -0.1) is 0 Å². The van der Waals surface area contributed by atoms with Crippen LogP contribution in [0.15, 0.2) is 60.7 Å². The number of carbonyl (C=O) groups excluding carboxylic acids is 3. The van der Waals surface area contributed by atoms with E-state index >= 15 is 0 Å². The van der Waals surface area contributed by atoms with Gasteiger partial charge in [0.25, 0.3) is 0 Å². The first-order valence-electron chi connectivity index (χ1n) is 9.39. The second kappa shape index (κ2) is 8.03. The molecule has 0 bridgehead atoms. The van der Waals surface area contributed by atoms with E-state index in [0.717, 1.165) is 4.90 Å². The highest BCUT2D eigenvalue weighted by molar-refractivity contribution is 5.99. The van der Waals surface area contributed by atoms with Crippen molar-refractivity contribution in [1.82, 2.24) is 9.96 Å². The van der Waals surface area contributed by atoms with Gasteiger partial charge in [0.15, 0.2) is 6.17 Å². The van der Waals surface area contributed by atoms with Crippen molar-refractivity contribution in [2.45, 2.75) is 38.5 Å². The number of para-hydroxylation sites is 2. The molecule has 1 aliphatic rings. The fourth-order valence-electron chi connectivity index (χ4n) is 3.74. The lowest BCUT2D eigenvalue weighted by Crippen LogP contribution is -2.60. The molecule has 0 unspecified atom stereocenters. The van der Waals surface area contributed by atoms with E-state index in [2.05, 4.69) is 5.32 Å². The third kappa shape index (κ3) is 3.67.